The molecular weight excluding hydrogens is 318 g/mol. The standard InChI is InChI=1S/C16H21NO5S/c1-21-16(19)13(17-15(18)14-8-5-10-22-14)9-11-23(20)12-6-3-2-4-7-12/h2-4,6-7,13-14H,5,8-11H2,1H3,(H,17,18)/t13-,14+,23+/m1/s1. The smallest absolute Gasteiger partial charge is 0.328 e. The van der Waals surface area contributed by atoms with Crippen LogP contribution in [-0.2, 0) is 29.9 Å². The molecule has 0 unspecified atom stereocenters. The third-order valence-corrected chi connectivity index (χ3v) is 5.03. The van der Waals surface area contributed by atoms with Crippen molar-refractivity contribution in [2.24, 2.45) is 0 Å². The van der Waals surface area contributed by atoms with Crippen LogP contribution in [0.25, 0.3) is 0 Å². The molecule has 1 saturated heterocycles. The van der Waals surface area contributed by atoms with Gasteiger partial charge in [-0.2, -0.15) is 0 Å². The van der Waals surface area contributed by atoms with Crippen molar-refractivity contribution in [3.8, 4) is 0 Å². The molecule has 23 heavy (non-hydrogen) atoms. The number of carbonyl (C=O) groups is 2. The molecule has 0 aromatic heterocycles. The van der Waals surface area contributed by atoms with Crippen molar-refractivity contribution < 1.29 is 23.3 Å². The van der Waals surface area contributed by atoms with Gasteiger partial charge in [0, 0.05) is 17.3 Å². The van der Waals surface area contributed by atoms with Crippen molar-refractivity contribution in [3.05, 3.63) is 30.3 Å². The number of hydrogen-bond acceptors (Lipinski definition) is 5. The lowest BCUT2D eigenvalue weighted by Gasteiger charge is -2.18. The SMILES string of the molecule is COC(=O)[C@@H](CC[S@](=O)c1ccccc1)NC(=O)[C@@H]1CCCO1. The van der Waals surface area contributed by atoms with Crippen LogP contribution in [0, 0.1) is 0 Å². The summed E-state index contributed by atoms with van der Waals surface area (Å²) in [7, 11) is 0.0360. The Bertz CT molecular complexity index is 557. The second-order valence-corrected chi connectivity index (χ2v) is 6.81. The number of rotatable bonds is 7. The Morgan fingerprint density at radius 2 is 2.13 bits per heavy atom. The van der Waals surface area contributed by atoms with Gasteiger partial charge < -0.3 is 14.8 Å². The highest BCUT2D eigenvalue weighted by Crippen LogP contribution is 2.13. The maximum atomic E-state index is 12.2. The zero-order valence-electron chi connectivity index (χ0n) is 13.0. The third kappa shape index (κ3) is 5.14. The molecule has 3 atom stereocenters. The first-order valence-electron chi connectivity index (χ1n) is 7.55. The molecule has 6 nitrogen and oxygen atoms in total. The first-order valence-corrected chi connectivity index (χ1v) is 8.87. The average molecular weight is 339 g/mol. The number of methoxy groups -OCH3 is 1. The van der Waals surface area contributed by atoms with E-state index in [0.29, 0.717) is 17.9 Å². The summed E-state index contributed by atoms with van der Waals surface area (Å²) in [6.07, 6.45) is 1.21. The predicted molar refractivity (Wildman–Crippen MR) is 85.3 cm³/mol. The summed E-state index contributed by atoms with van der Waals surface area (Å²) in [4.78, 5) is 24.6. The summed E-state index contributed by atoms with van der Waals surface area (Å²) >= 11 is 0. The van der Waals surface area contributed by atoms with Gasteiger partial charge in [0.15, 0.2) is 0 Å². The minimum absolute atomic E-state index is 0.243. The summed E-state index contributed by atoms with van der Waals surface area (Å²) in [6.45, 7) is 0.555. The van der Waals surface area contributed by atoms with Crippen LogP contribution in [0.1, 0.15) is 19.3 Å². The molecule has 0 saturated carbocycles. The molecule has 1 aromatic carbocycles. The van der Waals surface area contributed by atoms with Gasteiger partial charge in [0.05, 0.1) is 17.9 Å². The lowest BCUT2D eigenvalue weighted by Crippen LogP contribution is -2.46. The van der Waals surface area contributed by atoms with E-state index in [0.717, 1.165) is 6.42 Å². The first kappa shape index (κ1) is 17.6. The number of carbonyl (C=O) groups excluding carboxylic acids is 2. The van der Waals surface area contributed by atoms with Crippen molar-refractivity contribution in [2.75, 3.05) is 19.5 Å². The van der Waals surface area contributed by atoms with Crippen LogP contribution in [0.5, 0.6) is 0 Å². The summed E-state index contributed by atoms with van der Waals surface area (Å²) in [5.74, 6) is -0.597. The Hall–Kier alpha value is -1.73. The lowest BCUT2D eigenvalue weighted by atomic mass is 10.2. The summed E-state index contributed by atoms with van der Waals surface area (Å²) in [5, 5.41) is 2.64. The van der Waals surface area contributed by atoms with Crippen LogP contribution in [-0.4, -0.2) is 47.7 Å². The van der Waals surface area contributed by atoms with Crippen molar-refractivity contribution in [3.63, 3.8) is 0 Å². The predicted octanol–water partition coefficient (Wildman–Crippen LogP) is 1.02. The molecule has 0 bridgehead atoms. The Morgan fingerprint density at radius 3 is 2.74 bits per heavy atom. The molecule has 1 aromatic rings. The van der Waals surface area contributed by atoms with E-state index in [1.165, 1.54) is 7.11 Å². The van der Waals surface area contributed by atoms with Crippen LogP contribution in [0.15, 0.2) is 35.2 Å². The average Bonchev–Trinajstić information content (AvgIpc) is 3.13. The van der Waals surface area contributed by atoms with E-state index in [2.05, 4.69) is 5.32 Å². The third-order valence-electron chi connectivity index (χ3n) is 3.62. The summed E-state index contributed by atoms with van der Waals surface area (Å²) in [5.41, 5.74) is 0. The van der Waals surface area contributed by atoms with Gasteiger partial charge in [-0.05, 0) is 31.4 Å². The molecule has 0 aliphatic carbocycles. The topological polar surface area (TPSA) is 81.7 Å². The van der Waals surface area contributed by atoms with E-state index < -0.39 is 28.9 Å². The minimum atomic E-state index is -1.23. The fourth-order valence-corrected chi connectivity index (χ4v) is 3.50. The Balaban J connectivity index is 1.91. The minimum Gasteiger partial charge on any atom is -0.467 e. The van der Waals surface area contributed by atoms with E-state index in [1.807, 2.05) is 18.2 Å². The fraction of sp³-hybridized carbons (Fsp3) is 0.500. The van der Waals surface area contributed by atoms with Gasteiger partial charge in [-0.3, -0.25) is 9.00 Å². The largest absolute Gasteiger partial charge is 0.467 e. The van der Waals surface area contributed by atoms with E-state index >= 15 is 0 Å². The first-order chi connectivity index (χ1) is 11.1. The number of esters is 1. The number of amides is 1. The number of nitrogens with one attached hydrogen (secondary N) is 1. The highest BCUT2D eigenvalue weighted by molar-refractivity contribution is 7.85. The molecule has 1 amide bonds. The number of benzene rings is 1. The van der Waals surface area contributed by atoms with Crippen LogP contribution >= 0.6 is 0 Å². The quantitative estimate of drug-likeness (QED) is 0.750. The molecule has 1 fully saturated rings. The summed E-state index contributed by atoms with van der Waals surface area (Å²) in [6, 6.07) is 8.20. The fourth-order valence-electron chi connectivity index (χ4n) is 2.36. The van der Waals surface area contributed by atoms with Gasteiger partial charge in [0.25, 0.3) is 0 Å². The Labute approximate surface area is 138 Å². The van der Waals surface area contributed by atoms with Crippen molar-refractivity contribution in [1.29, 1.82) is 0 Å². The molecule has 126 valence electrons. The van der Waals surface area contributed by atoms with E-state index in [1.54, 1.807) is 12.1 Å². The molecular formula is C16H21NO5S. The molecule has 1 aliphatic heterocycles. The summed E-state index contributed by atoms with van der Waals surface area (Å²) < 4.78 is 22.2. The van der Waals surface area contributed by atoms with E-state index in [9.17, 15) is 13.8 Å². The molecule has 1 N–H and O–H groups in total. The van der Waals surface area contributed by atoms with Crippen molar-refractivity contribution in [1.82, 2.24) is 5.32 Å². The van der Waals surface area contributed by atoms with Crippen LogP contribution in [0.3, 0.4) is 0 Å². The highest BCUT2D eigenvalue weighted by Gasteiger charge is 2.29. The van der Waals surface area contributed by atoms with Crippen molar-refractivity contribution >= 4 is 22.7 Å². The Kier molecular flexibility index (Phi) is 6.73. The van der Waals surface area contributed by atoms with Gasteiger partial charge in [-0.15, -0.1) is 0 Å². The molecule has 1 aliphatic rings. The number of hydrogen-bond donors (Lipinski definition) is 1. The maximum Gasteiger partial charge on any atom is 0.328 e. The molecule has 0 spiro atoms. The zero-order chi connectivity index (χ0) is 16.7. The van der Waals surface area contributed by atoms with Crippen LogP contribution in [0.4, 0.5) is 0 Å². The maximum absolute atomic E-state index is 12.2. The van der Waals surface area contributed by atoms with Crippen LogP contribution < -0.4 is 5.32 Å². The Morgan fingerprint density at radius 1 is 1.39 bits per heavy atom. The normalized spacial score (nSPS) is 19.8. The van der Waals surface area contributed by atoms with E-state index in [4.69, 9.17) is 9.47 Å². The monoisotopic (exact) mass is 339 g/mol. The number of ether oxygens (including phenoxy) is 2. The molecule has 0 radical (unpaired) electrons. The molecule has 2 rings (SSSR count). The molecule has 1 heterocycles. The van der Waals surface area contributed by atoms with E-state index in [-0.39, 0.29) is 18.1 Å². The van der Waals surface area contributed by atoms with Gasteiger partial charge >= 0.3 is 5.97 Å². The van der Waals surface area contributed by atoms with Gasteiger partial charge in [0.1, 0.15) is 12.1 Å². The zero-order valence-corrected chi connectivity index (χ0v) is 13.8. The van der Waals surface area contributed by atoms with Crippen LogP contribution in [0.2, 0.25) is 0 Å². The molecule has 7 heteroatoms. The second kappa shape index (κ2) is 8.79. The lowest BCUT2D eigenvalue weighted by molar-refractivity contribution is -0.146. The van der Waals surface area contributed by atoms with Crippen molar-refractivity contribution in [2.45, 2.75) is 36.3 Å². The van der Waals surface area contributed by atoms with Gasteiger partial charge in [-0.1, -0.05) is 18.2 Å². The van der Waals surface area contributed by atoms with Gasteiger partial charge in [0.2, 0.25) is 5.91 Å². The van der Waals surface area contributed by atoms with Gasteiger partial charge in [-0.25, -0.2) is 4.79 Å². The highest BCUT2D eigenvalue weighted by atomic mass is 32.2. The second-order valence-electron chi connectivity index (χ2n) is 5.24.